The zero-order valence-corrected chi connectivity index (χ0v) is 17.8. The van der Waals surface area contributed by atoms with Gasteiger partial charge in [0.05, 0.1) is 11.6 Å². The Labute approximate surface area is 185 Å². The van der Waals surface area contributed by atoms with E-state index in [2.05, 4.69) is 26.7 Å². The van der Waals surface area contributed by atoms with Crippen LogP contribution in [-0.4, -0.2) is 21.8 Å². The van der Waals surface area contributed by atoms with Gasteiger partial charge < -0.3 is 10.6 Å². The molecule has 0 saturated heterocycles. The largest absolute Gasteiger partial charge is 0.347 e. The summed E-state index contributed by atoms with van der Waals surface area (Å²) in [6.07, 6.45) is 1.89. The Morgan fingerprint density at radius 2 is 1.66 bits per heavy atom. The van der Waals surface area contributed by atoms with Gasteiger partial charge >= 0.3 is 0 Å². The van der Waals surface area contributed by atoms with E-state index in [0.29, 0.717) is 11.1 Å². The lowest BCUT2D eigenvalue weighted by atomic mass is 10.0. The molecule has 3 rings (SSSR count). The number of nitriles is 1. The summed E-state index contributed by atoms with van der Waals surface area (Å²) in [4.78, 5) is 32.9. The van der Waals surface area contributed by atoms with Crippen LogP contribution in [0.15, 0.2) is 48.8 Å². The number of benzene rings is 2. The van der Waals surface area contributed by atoms with Gasteiger partial charge in [-0.3, -0.25) is 9.59 Å². The molecule has 0 aliphatic heterocycles. The number of halogens is 1. The third-order valence-corrected chi connectivity index (χ3v) is 4.96. The van der Waals surface area contributed by atoms with E-state index in [4.69, 9.17) is 5.26 Å². The first-order chi connectivity index (χ1) is 15.4. The summed E-state index contributed by atoms with van der Waals surface area (Å²) in [5.41, 5.74) is 3.81. The molecule has 0 atom stereocenters. The van der Waals surface area contributed by atoms with Crippen LogP contribution in [0.5, 0.6) is 0 Å². The highest BCUT2D eigenvalue weighted by molar-refractivity contribution is 5.97. The Balaban J connectivity index is 1.63. The normalized spacial score (nSPS) is 10.3. The van der Waals surface area contributed by atoms with Crippen LogP contribution in [0.2, 0.25) is 0 Å². The Morgan fingerprint density at radius 1 is 0.969 bits per heavy atom. The van der Waals surface area contributed by atoms with E-state index in [1.54, 1.807) is 31.2 Å². The van der Waals surface area contributed by atoms with Gasteiger partial charge in [0.1, 0.15) is 23.5 Å². The molecule has 0 radical (unpaired) electrons. The van der Waals surface area contributed by atoms with E-state index in [0.717, 1.165) is 29.4 Å². The highest BCUT2D eigenvalue weighted by Gasteiger charge is 2.14. The van der Waals surface area contributed by atoms with Crippen molar-refractivity contribution in [3.05, 3.63) is 93.8 Å². The van der Waals surface area contributed by atoms with E-state index in [-0.39, 0.29) is 30.3 Å². The number of carbonyl (C=O) groups excluding carboxylic acids is 2. The number of aryl methyl sites for hydroxylation is 2. The third kappa shape index (κ3) is 5.52. The van der Waals surface area contributed by atoms with E-state index in [1.165, 1.54) is 12.1 Å². The molecule has 8 heteroatoms. The molecular weight excluding hydrogens is 409 g/mol. The van der Waals surface area contributed by atoms with E-state index in [9.17, 15) is 14.0 Å². The number of hydrogen-bond acceptors (Lipinski definition) is 5. The van der Waals surface area contributed by atoms with Gasteiger partial charge in [-0.2, -0.15) is 5.26 Å². The molecule has 162 valence electrons. The van der Waals surface area contributed by atoms with Crippen molar-refractivity contribution in [1.29, 1.82) is 5.26 Å². The predicted octanol–water partition coefficient (Wildman–Crippen LogP) is 3.22. The van der Waals surface area contributed by atoms with E-state index < -0.39 is 11.8 Å². The maximum Gasteiger partial charge on any atom is 0.270 e. The Hall–Kier alpha value is -4.12. The van der Waals surface area contributed by atoms with Gasteiger partial charge in [-0.1, -0.05) is 25.1 Å². The number of amides is 2. The monoisotopic (exact) mass is 431 g/mol. The van der Waals surface area contributed by atoms with Crippen molar-refractivity contribution in [3.8, 4) is 6.07 Å². The molecule has 0 aliphatic rings. The van der Waals surface area contributed by atoms with Gasteiger partial charge in [0.2, 0.25) is 0 Å². The first-order valence-corrected chi connectivity index (χ1v) is 10.1. The summed E-state index contributed by atoms with van der Waals surface area (Å²) >= 11 is 0. The molecule has 2 aromatic carbocycles. The molecule has 3 aromatic rings. The van der Waals surface area contributed by atoms with Crippen LogP contribution in [0.3, 0.4) is 0 Å². The standard InChI is InChI=1S/C24H22FN5O2/c1-3-18-9-16(11-26)4-6-19(18)13-28-24(32)22-10-21(29-14-30-22)23(31)27-12-17-5-7-20(25)15(2)8-17/h4-10,14H,3,12-13H2,1-2H3,(H,27,31)(H,28,32). The highest BCUT2D eigenvalue weighted by Crippen LogP contribution is 2.13. The molecule has 2 N–H and O–H groups in total. The van der Waals surface area contributed by atoms with Crippen molar-refractivity contribution in [2.45, 2.75) is 33.4 Å². The lowest BCUT2D eigenvalue weighted by Crippen LogP contribution is -2.27. The van der Waals surface area contributed by atoms with Gasteiger partial charge in [-0.05, 0) is 53.8 Å². The molecular formula is C24H22FN5O2. The minimum absolute atomic E-state index is 0.0524. The Morgan fingerprint density at radius 3 is 2.28 bits per heavy atom. The number of aromatic nitrogens is 2. The molecule has 1 aromatic heterocycles. The second kappa shape index (κ2) is 10.3. The van der Waals surface area contributed by atoms with Gasteiger partial charge in [0.25, 0.3) is 11.8 Å². The number of rotatable bonds is 7. The van der Waals surface area contributed by atoms with Crippen LogP contribution in [0.25, 0.3) is 0 Å². The fourth-order valence-corrected chi connectivity index (χ4v) is 3.16. The van der Waals surface area contributed by atoms with Crippen molar-refractivity contribution >= 4 is 11.8 Å². The van der Waals surface area contributed by atoms with Crippen LogP contribution in [0.4, 0.5) is 4.39 Å². The van der Waals surface area contributed by atoms with Crippen molar-refractivity contribution in [2.24, 2.45) is 0 Å². The fraction of sp³-hybridized carbons (Fsp3) is 0.208. The minimum Gasteiger partial charge on any atom is -0.347 e. The Kier molecular flexibility index (Phi) is 7.24. The predicted molar refractivity (Wildman–Crippen MR) is 116 cm³/mol. The van der Waals surface area contributed by atoms with Gasteiger partial charge in [-0.15, -0.1) is 0 Å². The van der Waals surface area contributed by atoms with Crippen molar-refractivity contribution < 1.29 is 14.0 Å². The summed E-state index contributed by atoms with van der Waals surface area (Å²) in [7, 11) is 0. The maximum absolute atomic E-state index is 13.4. The van der Waals surface area contributed by atoms with Crippen LogP contribution >= 0.6 is 0 Å². The molecule has 0 unspecified atom stereocenters. The zero-order valence-electron chi connectivity index (χ0n) is 17.8. The van der Waals surface area contributed by atoms with Crippen LogP contribution in [-0.2, 0) is 19.5 Å². The topological polar surface area (TPSA) is 108 Å². The number of hydrogen-bond donors (Lipinski definition) is 2. The molecule has 7 nitrogen and oxygen atoms in total. The molecule has 0 spiro atoms. The van der Waals surface area contributed by atoms with Gasteiger partial charge in [0, 0.05) is 19.2 Å². The lowest BCUT2D eigenvalue weighted by molar-refractivity contribution is 0.0944. The molecule has 0 aliphatic carbocycles. The number of nitrogens with one attached hydrogen (secondary N) is 2. The number of nitrogens with zero attached hydrogens (tertiary/aromatic N) is 3. The quantitative estimate of drug-likeness (QED) is 0.597. The smallest absolute Gasteiger partial charge is 0.270 e. The SMILES string of the molecule is CCc1cc(C#N)ccc1CNC(=O)c1cc(C(=O)NCc2ccc(F)c(C)c2)ncn1. The first kappa shape index (κ1) is 22.6. The summed E-state index contributed by atoms with van der Waals surface area (Å²) in [5.74, 6) is -1.22. The van der Waals surface area contributed by atoms with Crippen molar-refractivity contribution in [2.75, 3.05) is 0 Å². The lowest BCUT2D eigenvalue weighted by Gasteiger charge is -2.10. The molecule has 1 heterocycles. The summed E-state index contributed by atoms with van der Waals surface area (Å²) in [6, 6.07) is 13.3. The van der Waals surface area contributed by atoms with Crippen LogP contribution in [0, 0.1) is 24.1 Å². The van der Waals surface area contributed by atoms with Crippen molar-refractivity contribution in [1.82, 2.24) is 20.6 Å². The van der Waals surface area contributed by atoms with E-state index in [1.807, 2.05) is 13.0 Å². The molecule has 32 heavy (non-hydrogen) atoms. The third-order valence-electron chi connectivity index (χ3n) is 4.96. The fourth-order valence-electron chi connectivity index (χ4n) is 3.16. The summed E-state index contributed by atoms with van der Waals surface area (Å²) in [6.45, 7) is 4.09. The minimum atomic E-state index is -0.469. The van der Waals surface area contributed by atoms with Gasteiger partial charge in [0.15, 0.2) is 0 Å². The second-order valence-corrected chi connectivity index (χ2v) is 7.19. The average molecular weight is 431 g/mol. The molecule has 0 fully saturated rings. The first-order valence-electron chi connectivity index (χ1n) is 10.1. The maximum atomic E-state index is 13.4. The van der Waals surface area contributed by atoms with Crippen molar-refractivity contribution in [3.63, 3.8) is 0 Å². The summed E-state index contributed by atoms with van der Waals surface area (Å²) in [5, 5.41) is 14.5. The molecule has 0 bridgehead atoms. The zero-order chi connectivity index (χ0) is 23.1. The summed E-state index contributed by atoms with van der Waals surface area (Å²) < 4.78 is 13.4. The number of carbonyl (C=O) groups is 2. The molecule has 0 saturated carbocycles. The second-order valence-electron chi connectivity index (χ2n) is 7.19. The van der Waals surface area contributed by atoms with Crippen LogP contribution < -0.4 is 10.6 Å². The van der Waals surface area contributed by atoms with E-state index >= 15 is 0 Å². The average Bonchev–Trinajstić information content (AvgIpc) is 2.82. The molecule has 2 amide bonds. The Bertz CT molecular complexity index is 1200. The van der Waals surface area contributed by atoms with Gasteiger partial charge in [-0.25, -0.2) is 14.4 Å². The highest BCUT2D eigenvalue weighted by atomic mass is 19.1. The van der Waals surface area contributed by atoms with Crippen LogP contribution in [0.1, 0.15) is 55.7 Å².